The predicted octanol–water partition coefficient (Wildman–Crippen LogP) is 1.22. The summed E-state index contributed by atoms with van der Waals surface area (Å²) in [7, 11) is 0. The Labute approximate surface area is 161 Å². The fourth-order valence-electron chi connectivity index (χ4n) is 3.42. The minimum atomic E-state index is -4.62. The zero-order valence-electron chi connectivity index (χ0n) is 15.2. The van der Waals surface area contributed by atoms with Crippen LogP contribution in [0.3, 0.4) is 0 Å². The number of anilines is 2. The quantitative estimate of drug-likeness (QED) is 0.492. The normalized spacial score (nSPS) is 15.6. The van der Waals surface area contributed by atoms with Gasteiger partial charge in [0.15, 0.2) is 11.5 Å². The molecule has 0 aromatic carbocycles. The van der Waals surface area contributed by atoms with E-state index in [0.717, 1.165) is 16.2 Å². The molecule has 0 spiro atoms. The Bertz CT molecular complexity index is 1190. The van der Waals surface area contributed by atoms with Gasteiger partial charge in [-0.2, -0.15) is 17.7 Å². The lowest BCUT2D eigenvalue weighted by Gasteiger charge is -2.35. The minimum Gasteiger partial charge on any atom is -0.352 e. The summed E-state index contributed by atoms with van der Waals surface area (Å²) in [6.45, 7) is 4.23. The van der Waals surface area contributed by atoms with Gasteiger partial charge in [-0.05, 0) is 19.1 Å². The smallest absolute Gasteiger partial charge is 0.352 e. The Morgan fingerprint density at radius 2 is 1.69 bits per heavy atom. The number of hydrogen-bond donors (Lipinski definition) is 0. The lowest BCUT2D eigenvalue weighted by molar-refractivity contribution is -0.146. The van der Waals surface area contributed by atoms with Crippen LogP contribution < -0.4 is 9.80 Å². The van der Waals surface area contributed by atoms with Crippen LogP contribution in [0.5, 0.6) is 0 Å². The second kappa shape index (κ2) is 6.25. The van der Waals surface area contributed by atoms with E-state index < -0.39 is 12.0 Å². The number of alkyl halides is 3. The van der Waals surface area contributed by atoms with Crippen molar-refractivity contribution in [3.8, 4) is 0 Å². The van der Waals surface area contributed by atoms with Gasteiger partial charge >= 0.3 is 6.18 Å². The van der Waals surface area contributed by atoms with Crippen molar-refractivity contribution in [3.63, 3.8) is 0 Å². The molecular weight excluding hydrogens is 389 g/mol. The first-order chi connectivity index (χ1) is 13.9. The lowest BCUT2D eigenvalue weighted by Crippen LogP contribution is -2.47. The molecule has 13 heteroatoms. The van der Waals surface area contributed by atoms with Crippen LogP contribution in [0, 0.1) is 6.92 Å². The molecule has 0 N–H and O–H groups in total. The monoisotopic (exact) mass is 404 g/mol. The Morgan fingerprint density at radius 1 is 0.931 bits per heavy atom. The Kier molecular flexibility index (Phi) is 3.79. The highest BCUT2D eigenvalue weighted by Gasteiger charge is 2.38. The highest BCUT2D eigenvalue weighted by atomic mass is 19.4. The van der Waals surface area contributed by atoms with Crippen LogP contribution in [0.15, 0.2) is 24.5 Å². The average molecular weight is 404 g/mol. The van der Waals surface area contributed by atoms with Crippen molar-refractivity contribution in [2.75, 3.05) is 36.0 Å². The number of hydrogen-bond acceptors (Lipinski definition) is 8. The largest absolute Gasteiger partial charge is 0.453 e. The summed E-state index contributed by atoms with van der Waals surface area (Å²) in [5.41, 5.74) is 0.732. The van der Waals surface area contributed by atoms with Gasteiger partial charge in [0.2, 0.25) is 5.65 Å². The van der Waals surface area contributed by atoms with Crippen LogP contribution in [0.4, 0.5) is 24.8 Å². The molecule has 10 nitrogen and oxygen atoms in total. The average Bonchev–Trinajstić information content (AvgIpc) is 3.31. The summed E-state index contributed by atoms with van der Waals surface area (Å²) >= 11 is 0. The van der Waals surface area contributed by atoms with Gasteiger partial charge in [0.05, 0.1) is 0 Å². The summed E-state index contributed by atoms with van der Waals surface area (Å²) in [6, 6.07) is 3.14. The molecule has 1 saturated heterocycles. The fourth-order valence-corrected chi connectivity index (χ4v) is 3.42. The minimum absolute atomic E-state index is 0.0535. The predicted molar refractivity (Wildman–Crippen MR) is 95.7 cm³/mol. The van der Waals surface area contributed by atoms with Gasteiger partial charge in [-0.3, -0.25) is 4.40 Å². The van der Waals surface area contributed by atoms with Crippen molar-refractivity contribution < 1.29 is 13.2 Å². The van der Waals surface area contributed by atoms with E-state index in [4.69, 9.17) is 0 Å². The molecule has 1 aliphatic heterocycles. The lowest BCUT2D eigenvalue weighted by atomic mass is 10.3. The first kappa shape index (κ1) is 17.6. The fraction of sp³-hybridized carbons (Fsp3) is 0.375. The maximum atomic E-state index is 13.1. The third-order valence-corrected chi connectivity index (χ3v) is 4.88. The van der Waals surface area contributed by atoms with Gasteiger partial charge in [-0.1, -0.05) is 0 Å². The van der Waals surface area contributed by atoms with E-state index in [1.54, 1.807) is 18.5 Å². The van der Waals surface area contributed by atoms with Crippen molar-refractivity contribution in [1.29, 1.82) is 0 Å². The molecule has 0 bridgehead atoms. The zero-order valence-corrected chi connectivity index (χ0v) is 15.2. The number of fused-ring (bicyclic) bond motifs is 2. The second-order valence-electron chi connectivity index (χ2n) is 6.65. The van der Waals surface area contributed by atoms with Crippen molar-refractivity contribution in [2.24, 2.45) is 0 Å². The summed E-state index contributed by atoms with van der Waals surface area (Å²) in [6.07, 6.45) is -1.11. The third kappa shape index (κ3) is 2.89. The summed E-state index contributed by atoms with van der Waals surface area (Å²) in [5.74, 6) is 0.807. The topological polar surface area (TPSA) is 92.6 Å². The van der Waals surface area contributed by atoms with E-state index in [9.17, 15) is 13.2 Å². The molecule has 0 atom stereocenters. The molecule has 5 rings (SSSR count). The molecule has 4 aromatic rings. The second-order valence-corrected chi connectivity index (χ2v) is 6.65. The molecule has 29 heavy (non-hydrogen) atoms. The van der Waals surface area contributed by atoms with Crippen molar-refractivity contribution in [3.05, 3.63) is 36.2 Å². The summed E-state index contributed by atoms with van der Waals surface area (Å²) in [4.78, 5) is 8.44. The first-order valence-corrected chi connectivity index (χ1v) is 8.88. The molecule has 1 fully saturated rings. The van der Waals surface area contributed by atoms with Crippen LogP contribution in [0.2, 0.25) is 0 Å². The first-order valence-electron chi connectivity index (χ1n) is 8.88. The van der Waals surface area contributed by atoms with Crippen molar-refractivity contribution >= 4 is 22.9 Å². The third-order valence-electron chi connectivity index (χ3n) is 4.88. The van der Waals surface area contributed by atoms with Gasteiger partial charge < -0.3 is 9.80 Å². The van der Waals surface area contributed by atoms with E-state index in [0.29, 0.717) is 37.6 Å². The maximum Gasteiger partial charge on any atom is 0.453 e. The number of nitrogens with zero attached hydrogens (tertiary/aromatic N) is 10. The highest BCUT2D eigenvalue weighted by molar-refractivity contribution is 5.64. The molecule has 5 heterocycles. The maximum absolute atomic E-state index is 13.1. The number of aryl methyl sites for hydroxylation is 1. The van der Waals surface area contributed by atoms with Crippen molar-refractivity contribution in [1.82, 2.24) is 39.4 Å². The van der Waals surface area contributed by atoms with Gasteiger partial charge in [0.25, 0.3) is 5.82 Å². The number of halogens is 3. The summed E-state index contributed by atoms with van der Waals surface area (Å²) < 4.78 is 41.9. The van der Waals surface area contributed by atoms with E-state index in [1.807, 2.05) is 16.2 Å². The Balaban J connectivity index is 1.39. The van der Waals surface area contributed by atoms with E-state index in [-0.39, 0.29) is 5.65 Å². The van der Waals surface area contributed by atoms with Gasteiger partial charge in [-0.15, -0.1) is 25.5 Å². The SMILES string of the molecule is Cc1nnc2c(N3CCN(c4ccc5nnc(C(F)(F)F)n5n4)CC3)nccn12. The molecular formula is C16H15F3N10. The standard InChI is InChI=1S/C16H15F3N10/c1-10-21-23-14-13(20-4-5-28(10)14)27-8-6-26(7-9-27)12-3-2-11-22-24-15(16(17,18)19)29(11)25-12/h2-5H,6-9H2,1H3. The van der Waals surface area contributed by atoms with E-state index >= 15 is 0 Å². The molecule has 1 aliphatic rings. The molecule has 150 valence electrons. The van der Waals surface area contributed by atoms with Gasteiger partial charge in [-0.25, -0.2) is 4.98 Å². The molecule has 0 unspecified atom stereocenters. The van der Waals surface area contributed by atoms with Crippen LogP contribution in [0.25, 0.3) is 11.3 Å². The number of aromatic nitrogens is 8. The van der Waals surface area contributed by atoms with Crippen LogP contribution in [-0.2, 0) is 6.18 Å². The molecule has 0 saturated carbocycles. The molecule has 0 amide bonds. The van der Waals surface area contributed by atoms with Gasteiger partial charge in [0.1, 0.15) is 11.6 Å². The number of piperazine rings is 1. The van der Waals surface area contributed by atoms with E-state index in [2.05, 4.69) is 35.4 Å². The van der Waals surface area contributed by atoms with Crippen molar-refractivity contribution in [2.45, 2.75) is 13.1 Å². The van der Waals surface area contributed by atoms with Crippen LogP contribution in [-0.4, -0.2) is 65.6 Å². The van der Waals surface area contributed by atoms with Gasteiger partial charge in [0, 0.05) is 38.6 Å². The Hall–Kier alpha value is -3.51. The molecule has 0 radical (unpaired) electrons. The zero-order chi connectivity index (χ0) is 20.2. The van der Waals surface area contributed by atoms with Crippen LogP contribution >= 0.6 is 0 Å². The number of rotatable bonds is 2. The molecule has 4 aromatic heterocycles. The summed E-state index contributed by atoms with van der Waals surface area (Å²) in [5, 5.41) is 19.1. The molecule has 0 aliphatic carbocycles. The van der Waals surface area contributed by atoms with Crippen LogP contribution in [0.1, 0.15) is 11.6 Å². The Morgan fingerprint density at radius 3 is 2.45 bits per heavy atom. The highest BCUT2D eigenvalue weighted by Crippen LogP contribution is 2.28. The van der Waals surface area contributed by atoms with E-state index in [1.165, 1.54) is 6.07 Å².